The third-order valence-electron chi connectivity index (χ3n) is 1.50. The molecule has 0 rings (SSSR count). The second-order valence-electron chi connectivity index (χ2n) is 3.43. The van der Waals surface area contributed by atoms with E-state index in [0.29, 0.717) is 25.4 Å². The van der Waals surface area contributed by atoms with Gasteiger partial charge in [-0.05, 0) is 5.92 Å². The molecule has 5 heteroatoms. The molecule has 0 aliphatic rings. The van der Waals surface area contributed by atoms with Crippen LogP contribution < -0.4 is 10.6 Å². The van der Waals surface area contributed by atoms with Crippen LogP contribution in [0, 0.1) is 5.92 Å². The first-order valence-electron chi connectivity index (χ1n) is 4.65. The highest BCUT2D eigenvalue weighted by Gasteiger charge is 2.03. The van der Waals surface area contributed by atoms with Gasteiger partial charge in [0.15, 0.2) is 0 Å². The number of amides is 2. The molecule has 0 heterocycles. The minimum atomic E-state index is -0.247. The fraction of sp³-hybridized carbons (Fsp3) is 0.778. The molecule has 0 aromatic carbocycles. The second-order valence-corrected chi connectivity index (χ2v) is 3.70. The molecule has 14 heavy (non-hydrogen) atoms. The SMILES string of the molecule is CC(C)CNC(=O)CCNC(=O)CCl. The maximum Gasteiger partial charge on any atom is 0.234 e. The molecule has 4 nitrogen and oxygen atoms in total. The first kappa shape index (κ1) is 13.2. The lowest BCUT2D eigenvalue weighted by Crippen LogP contribution is -2.32. The van der Waals surface area contributed by atoms with Gasteiger partial charge < -0.3 is 10.6 Å². The van der Waals surface area contributed by atoms with Crippen LogP contribution in [0.3, 0.4) is 0 Å². The molecule has 0 fully saturated rings. The number of halogens is 1. The molecular weight excluding hydrogens is 204 g/mol. The smallest absolute Gasteiger partial charge is 0.234 e. The third-order valence-corrected chi connectivity index (χ3v) is 1.75. The zero-order valence-electron chi connectivity index (χ0n) is 8.60. The maximum absolute atomic E-state index is 11.1. The van der Waals surface area contributed by atoms with E-state index in [4.69, 9.17) is 11.6 Å². The molecule has 0 aromatic rings. The van der Waals surface area contributed by atoms with Crippen LogP contribution in [0.15, 0.2) is 0 Å². The Morgan fingerprint density at radius 1 is 1.21 bits per heavy atom. The van der Waals surface area contributed by atoms with Crippen LogP contribution in [0.2, 0.25) is 0 Å². The lowest BCUT2D eigenvalue weighted by atomic mass is 10.2. The summed E-state index contributed by atoms with van der Waals surface area (Å²) in [6.07, 6.45) is 0.301. The number of nitrogens with one attached hydrogen (secondary N) is 2. The molecule has 0 saturated heterocycles. The van der Waals surface area contributed by atoms with Crippen LogP contribution in [-0.4, -0.2) is 30.8 Å². The van der Waals surface area contributed by atoms with E-state index in [-0.39, 0.29) is 17.7 Å². The van der Waals surface area contributed by atoms with E-state index >= 15 is 0 Å². The van der Waals surface area contributed by atoms with Crippen molar-refractivity contribution in [3.8, 4) is 0 Å². The van der Waals surface area contributed by atoms with Crippen LogP contribution in [0.4, 0.5) is 0 Å². The zero-order chi connectivity index (χ0) is 11.0. The summed E-state index contributed by atoms with van der Waals surface area (Å²) >= 11 is 5.26. The molecule has 82 valence electrons. The topological polar surface area (TPSA) is 58.2 Å². The summed E-state index contributed by atoms with van der Waals surface area (Å²) in [7, 11) is 0. The Morgan fingerprint density at radius 3 is 2.36 bits per heavy atom. The number of hydrogen-bond acceptors (Lipinski definition) is 2. The van der Waals surface area contributed by atoms with Crippen molar-refractivity contribution in [2.75, 3.05) is 19.0 Å². The van der Waals surface area contributed by atoms with Gasteiger partial charge in [0.25, 0.3) is 0 Å². The Bertz CT molecular complexity index is 195. The largest absolute Gasteiger partial charge is 0.356 e. The number of carbonyl (C=O) groups excluding carboxylic acids is 2. The Balaban J connectivity index is 3.40. The zero-order valence-corrected chi connectivity index (χ0v) is 9.36. The second kappa shape index (κ2) is 7.62. The Kier molecular flexibility index (Phi) is 7.20. The van der Waals surface area contributed by atoms with Crippen molar-refractivity contribution >= 4 is 23.4 Å². The van der Waals surface area contributed by atoms with Gasteiger partial charge in [-0.15, -0.1) is 11.6 Å². The van der Waals surface area contributed by atoms with Gasteiger partial charge in [-0.2, -0.15) is 0 Å². The van der Waals surface area contributed by atoms with Gasteiger partial charge in [0.05, 0.1) is 0 Å². The number of carbonyl (C=O) groups is 2. The highest BCUT2D eigenvalue weighted by Crippen LogP contribution is 1.88. The van der Waals surface area contributed by atoms with E-state index in [9.17, 15) is 9.59 Å². The van der Waals surface area contributed by atoms with Crippen molar-refractivity contribution in [3.05, 3.63) is 0 Å². The van der Waals surface area contributed by atoms with Crippen molar-refractivity contribution in [1.29, 1.82) is 0 Å². The fourth-order valence-electron chi connectivity index (χ4n) is 0.769. The van der Waals surface area contributed by atoms with Crippen LogP contribution in [0.5, 0.6) is 0 Å². The van der Waals surface area contributed by atoms with Crippen molar-refractivity contribution in [1.82, 2.24) is 10.6 Å². The standard InChI is InChI=1S/C9H17ClN2O2/c1-7(2)6-12-8(13)3-4-11-9(14)5-10/h7H,3-6H2,1-2H3,(H,11,14)(H,12,13). The lowest BCUT2D eigenvalue weighted by molar-refractivity contribution is -0.121. The maximum atomic E-state index is 11.1. The van der Waals surface area contributed by atoms with Crippen LogP contribution >= 0.6 is 11.6 Å². The highest BCUT2D eigenvalue weighted by molar-refractivity contribution is 6.27. The van der Waals surface area contributed by atoms with E-state index in [1.54, 1.807) is 0 Å². The number of rotatable bonds is 6. The summed E-state index contributed by atoms with van der Waals surface area (Å²) in [5.74, 6) is 0.0847. The predicted octanol–water partition coefficient (Wildman–Crippen LogP) is 0.504. The first-order chi connectivity index (χ1) is 6.56. The average Bonchev–Trinajstić information content (AvgIpc) is 2.14. The van der Waals surface area contributed by atoms with Gasteiger partial charge in [0.1, 0.15) is 5.88 Å². The van der Waals surface area contributed by atoms with Crippen LogP contribution in [0.1, 0.15) is 20.3 Å². The molecule has 0 spiro atoms. The van der Waals surface area contributed by atoms with Crippen molar-refractivity contribution < 1.29 is 9.59 Å². The molecule has 0 saturated carbocycles. The summed E-state index contributed by atoms with van der Waals surface area (Å²) in [4.78, 5) is 21.8. The van der Waals surface area contributed by atoms with Crippen molar-refractivity contribution in [3.63, 3.8) is 0 Å². The lowest BCUT2D eigenvalue weighted by Gasteiger charge is -2.07. The minimum Gasteiger partial charge on any atom is -0.356 e. The Hall–Kier alpha value is -0.770. The normalized spacial score (nSPS) is 10.0. The van der Waals surface area contributed by atoms with Gasteiger partial charge in [-0.25, -0.2) is 0 Å². The van der Waals surface area contributed by atoms with Gasteiger partial charge in [-0.1, -0.05) is 13.8 Å². The first-order valence-corrected chi connectivity index (χ1v) is 5.19. The summed E-state index contributed by atoms with van der Waals surface area (Å²) in [5.41, 5.74) is 0. The molecule has 0 bridgehead atoms. The van der Waals surface area contributed by atoms with Gasteiger partial charge in [-0.3, -0.25) is 9.59 Å². The minimum absolute atomic E-state index is 0.0476. The van der Waals surface area contributed by atoms with Crippen LogP contribution in [0.25, 0.3) is 0 Å². The van der Waals surface area contributed by atoms with Gasteiger partial charge in [0.2, 0.25) is 11.8 Å². The third kappa shape index (κ3) is 7.86. The molecule has 0 atom stereocenters. The summed E-state index contributed by atoms with van der Waals surface area (Å²) in [6.45, 7) is 5.06. The van der Waals surface area contributed by atoms with Gasteiger partial charge in [0, 0.05) is 19.5 Å². The number of hydrogen-bond donors (Lipinski definition) is 2. The quantitative estimate of drug-likeness (QED) is 0.641. The molecule has 2 N–H and O–H groups in total. The summed E-state index contributed by atoms with van der Waals surface area (Å²) in [6, 6.07) is 0. The van der Waals surface area contributed by atoms with E-state index in [2.05, 4.69) is 10.6 Å². The Morgan fingerprint density at radius 2 is 1.86 bits per heavy atom. The number of alkyl halides is 1. The van der Waals surface area contributed by atoms with Crippen molar-refractivity contribution in [2.24, 2.45) is 5.92 Å². The predicted molar refractivity (Wildman–Crippen MR) is 56.2 cm³/mol. The molecule has 0 aromatic heterocycles. The van der Waals surface area contributed by atoms with Gasteiger partial charge >= 0.3 is 0 Å². The molecule has 0 aliphatic carbocycles. The molecule has 2 amide bonds. The highest BCUT2D eigenvalue weighted by atomic mass is 35.5. The monoisotopic (exact) mass is 220 g/mol. The van der Waals surface area contributed by atoms with Crippen molar-refractivity contribution in [2.45, 2.75) is 20.3 Å². The van der Waals surface area contributed by atoms with E-state index in [1.165, 1.54) is 0 Å². The molecule has 0 radical (unpaired) electrons. The average molecular weight is 221 g/mol. The molecule has 0 unspecified atom stereocenters. The molecular formula is C9H17ClN2O2. The summed E-state index contributed by atoms with van der Waals surface area (Å²) < 4.78 is 0. The van der Waals surface area contributed by atoms with E-state index < -0.39 is 0 Å². The fourth-order valence-corrected chi connectivity index (χ4v) is 0.864. The van der Waals surface area contributed by atoms with E-state index in [1.807, 2.05) is 13.8 Å². The van der Waals surface area contributed by atoms with E-state index in [0.717, 1.165) is 0 Å². The van der Waals surface area contributed by atoms with Crippen LogP contribution in [-0.2, 0) is 9.59 Å². The summed E-state index contributed by atoms with van der Waals surface area (Å²) in [5, 5.41) is 5.27. The molecule has 0 aliphatic heterocycles. The Labute approximate surface area is 89.4 Å².